The summed E-state index contributed by atoms with van der Waals surface area (Å²) in [5.74, 6) is 0.409. The van der Waals surface area contributed by atoms with Crippen LogP contribution >= 0.6 is 0 Å². The van der Waals surface area contributed by atoms with Crippen LogP contribution in [0.25, 0.3) is 0 Å². The number of carbonyl (C=O) groups is 1. The van der Waals surface area contributed by atoms with E-state index in [0.717, 1.165) is 12.8 Å². The van der Waals surface area contributed by atoms with Crippen LogP contribution in [0.2, 0.25) is 0 Å². The summed E-state index contributed by atoms with van der Waals surface area (Å²) in [4.78, 5) is 11.8. The molecule has 5 N–H and O–H groups in total. The Morgan fingerprint density at radius 3 is 2.38 bits per heavy atom. The lowest BCUT2D eigenvalue weighted by atomic mass is 9.90. The Hall–Kier alpha value is -0.610. The molecular weight excluding hydrogens is 202 g/mol. The van der Waals surface area contributed by atoms with E-state index in [2.05, 4.69) is 19.2 Å². The third-order valence-corrected chi connectivity index (χ3v) is 2.67. The zero-order valence-corrected chi connectivity index (χ0v) is 11.0. The van der Waals surface area contributed by atoms with Gasteiger partial charge in [-0.25, -0.2) is 0 Å². The van der Waals surface area contributed by atoms with Crippen LogP contribution in [0.4, 0.5) is 0 Å². The maximum atomic E-state index is 11.8. The summed E-state index contributed by atoms with van der Waals surface area (Å²) >= 11 is 0. The number of hydrogen-bond acceptors (Lipinski definition) is 3. The molecule has 4 nitrogen and oxygen atoms in total. The fraction of sp³-hybridized carbons (Fsp3) is 0.917. The molecule has 0 aromatic rings. The molecule has 0 fully saturated rings. The second kappa shape index (κ2) is 6.86. The number of nitrogens with one attached hydrogen (secondary N) is 1. The number of carbonyl (C=O) groups excluding carboxylic acids is 1. The minimum atomic E-state index is -0.414. The van der Waals surface area contributed by atoms with Crippen molar-refractivity contribution in [3.8, 4) is 0 Å². The van der Waals surface area contributed by atoms with Crippen LogP contribution in [0.5, 0.6) is 0 Å². The Kier molecular flexibility index (Phi) is 6.60. The molecule has 0 aliphatic heterocycles. The van der Waals surface area contributed by atoms with Crippen LogP contribution in [0.3, 0.4) is 0 Å². The summed E-state index contributed by atoms with van der Waals surface area (Å²) in [6.45, 7) is 8.67. The van der Waals surface area contributed by atoms with Crippen LogP contribution in [0.1, 0.15) is 47.0 Å². The molecular formula is C12H27N3O. The second-order valence-electron chi connectivity index (χ2n) is 5.25. The monoisotopic (exact) mass is 229 g/mol. The van der Waals surface area contributed by atoms with E-state index >= 15 is 0 Å². The summed E-state index contributed by atoms with van der Waals surface area (Å²) in [7, 11) is 0. The molecule has 0 spiro atoms. The van der Waals surface area contributed by atoms with Crippen molar-refractivity contribution in [1.29, 1.82) is 0 Å². The van der Waals surface area contributed by atoms with Gasteiger partial charge in [0.25, 0.3) is 0 Å². The van der Waals surface area contributed by atoms with E-state index in [-0.39, 0.29) is 11.4 Å². The molecule has 16 heavy (non-hydrogen) atoms. The molecule has 0 aromatic carbocycles. The minimum Gasteiger partial charge on any atom is -0.348 e. The van der Waals surface area contributed by atoms with E-state index in [0.29, 0.717) is 18.9 Å². The van der Waals surface area contributed by atoms with Crippen LogP contribution in [-0.2, 0) is 4.79 Å². The standard InChI is InChI=1S/C12H27N3O/c1-5-6-10(14)11(16)15-12(4,8-13)7-9(2)3/h9-10H,5-8,13-14H2,1-4H3,(H,15,16). The number of nitrogens with two attached hydrogens (primary N) is 2. The number of hydrogen-bond donors (Lipinski definition) is 3. The average molecular weight is 229 g/mol. The van der Waals surface area contributed by atoms with Gasteiger partial charge >= 0.3 is 0 Å². The van der Waals surface area contributed by atoms with Gasteiger partial charge < -0.3 is 16.8 Å². The fourth-order valence-electron chi connectivity index (χ4n) is 1.92. The van der Waals surface area contributed by atoms with Crippen molar-refractivity contribution >= 4 is 5.91 Å². The molecule has 0 aromatic heterocycles. The van der Waals surface area contributed by atoms with Gasteiger partial charge in [0.2, 0.25) is 5.91 Å². The van der Waals surface area contributed by atoms with Gasteiger partial charge in [0.05, 0.1) is 6.04 Å². The van der Waals surface area contributed by atoms with E-state index in [4.69, 9.17) is 11.5 Å². The second-order valence-corrected chi connectivity index (χ2v) is 5.25. The zero-order valence-electron chi connectivity index (χ0n) is 11.0. The highest BCUT2D eigenvalue weighted by molar-refractivity contribution is 5.82. The van der Waals surface area contributed by atoms with E-state index in [9.17, 15) is 4.79 Å². The zero-order chi connectivity index (χ0) is 12.8. The summed E-state index contributed by atoms with van der Waals surface area (Å²) < 4.78 is 0. The highest BCUT2D eigenvalue weighted by Crippen LogP contribution is 2.15. The summed E-state index contributed by atoms with van der Waals surface area (Å²) in [5, 5.41) is 2.97. The molecule has 0 radical (unpaired) electrons. The van der Waals surface area contributed by atoms with Crippen molar-refractivity contribution in [2.24, 2.45) is 17.4 Å². The van der Waals surface area contributed by atoms with Gasteiger partial charge in [0, 0.05) is 12.1 Å². The van der Waals surface area contributed by atoms with Gasteiger partial charge in [-0.3, -0.25) is 4.79 Å². The molecule has 0 saturated carbocycles. The van der Waals surface area contributed by atoms with Gasteiger partial charge in [-0.05, 0) is 25.7 Å². The highest BCUT2D eigenvalue weighted by Gasteiger charge is 2.27. The smallest absolute Gasteiger partial charge is 0.237 e. The molecule has 96 valence electrons. The van der Waals surface area contributed by atoms with E-state index in [1.165, 1.54) is 0 Å². The van der Waals surface area contributed by atoms with Crippen molar-refractivity contribution in [2.45, 2.75) is 58.5 Å². The van der Waals surface area contributed by atoms with Gasteiger partial charge in [0.15, 0.2) is 0 Å². The van der Waals surface area contributed by atoms with Gasteiger partial charge in [0.1, 0.15) is 0 Å². The molecule has 4 heteroatoms. The van der Waals surface area contributed by atoms with Crippen molar-refractivity contribution in [3.05, 3.63) is 0 Å². The average Bonchev–Trinajstić information content (AvgIpc) is 2.16. The maximum Gasteiger partial charge on any atom is 0.237 e. The van der Waals surface area contributed by atoms with E-state index in [1.807, 2.05) is 13.8 Å². The van der Waals surface area contributed by atoms with Crippen LogP contribution in [-0.4, -0.2) is 24.0 Å². The lowest BCUT2D eigenvalue weighted by Crippen LogP contribution is -2.56. The number of rotatable bonds is 7. The first-order chi connectivity index (χ1) is 7.34. The molecule has 0 aliphatic rings. The minimum absolute atomic E-state index is 0.0875. The predicted molar refractivity (Wildman–Crippen MR) is 67.9 cm³/mol. The molecule has 0 saturated heterocycles. The summed E-state index contributed by atoms with van der Waals surface area (Å²) in [6.07, 6.45) is 2.50. The third-order valence-electron chi connectivity index (χ3n) is 2.67. The van der Waals surface area contributed by atoms with Gasteiger partial charge in [-0.15, -0.1) is 0 Å². The molecule has 0 rings (SSSR count). The van der Waals surface area contributed by atoms with E-state index < -0.39 is 6.04 Å². The molecule has 0 aliphatic carbocycles. The Labute approximate surface area is 99.1 Å². The maximum absolute atomic E-state index is 11.8. The van der Waals surface area contributed by atoms with Crippen molar-refractivity contribution in [1.82, 2.24) is 5.32 Å². The van der Waals surface area contributed by atoms with Crippen molar-refractivity contribution < 1.29 is 4.79 Å². The van der Waals surface area contributed by atoms with E-state index in [1.54, 1.807) is 0 Å². The molecule has 0 heterocycles. The van der Waals surface area contributed by atoms with Crippen LogP contribution < -0.4 is 16.8 Å². The molecule has 1 amide bonds. The fourth-order valence-corrected chi connectivity index (χ4v) is 1.92. The van der Waals surface area contributed by atoms with Crippen LogP contribution in [0, 0.1) is 5.92 Å². The third kappa shape index (κ3) is 5.47. The SMILES string of the molecule is CCCC(N)C(=O)NC(C)(CN)CC(C)C. The van der Waals surface area contributed by atoms with Crippen molar-refractivity contribution in [3.63, 3.8) is 0 Å². The Morgan fingerprint density at radius 2 is 2.00 bits per heavy atom. The normalized spacial score (nSPS) is 16.9. The Bertz CT molecular complexity index is 218. The first-order valence-corrected chi connectivity index (χ1v) is 6.12. The lowest BCUT2D eigenvalue weighted by molar-refractivity contribution is -0.124. The lowest BCUT2D eigenvalue weighted by Gasteiger charge is -2.32. The quantitative estimate of drug-likeness (QED) is 0.609. The highest BCUT2D eigenvalue weighted by atomic mass is 16.2. The summed E-state index contributed by atoms with van der Waals surface area (Å²) in [5.41, 5.74) is 11.2. The first kappa shape index (κ1) is 15.4. The van der Waals surface area contributed by atoms with Gasteiger partial charge in [-0.1, -0.05) is 27.2 Å². The molecule has 0 bridgehead atoms. The largest absolute Gasteiger partial charge is 0.348 e. The summed E-state index contributed by atoms with van der Waals surface area (Å²) in [6, 6.07) is -0.414. The van der Waals surface area contributed by atoms with Gasteiger partial charge in [-0.2, -0.15) is 0 Å². The predicted octanol–water partition coefficient (Wildman–Crippen LogP) is 0.994. The topological polar surface area (TPSA) is 81.1 Å². The Balaban J connectivity index is 4.35. The number of amides is 1. The van der Waals surface area contributed by atoms with Crippen LogP contribution in [0.15, 0.2) is 0 Å². The Morgan fingerprint density at radius 1 is 1.44 bits per heavy atom. The molecule has 2 unspecified atom stereocenters. The first-order valence-electron chi connectivity index (χ1n) is 6.12. The van der Waals surface area contributed by atoms with Crippen molar-refractivity contribution in [2.75, 3.05) is 6.54 Å². The molecule has 2 atom stereocenters.